The van der Waals surface area contributed by atoms with Crippen LogP contribution >= 0.6 is 0 Å². The maximum atomic E-state index is 11.5. The predicted octanol–water partition coefficient (Wildman–Crippen LogP) is 1.46. The molecule has 2 aliphatic rings. The number of likely N-dealkylation sites (tertiary alicyclic amines) is 1. The molecule has 0 spiro atoms. The number of fused-ring (bicyclic) bond motifs is 1. The van der Waals surface area contributed by atoms with Crippen molar-refractivity contribution in [1.29, 1.82) is 0 Å². The van der Waals surface area contributed by atoms with Crippen LogP contribution in [0, 0.1) is 11.8 Å². The third kappa shape index (κ3) is 2.52. The number of nitrogens with zero attached hydrogens (tertiary/aromatic N) is 3. The standard InChI is InChI=1S/C14H21N3O2/c18-14(19)13-12-4-1-3-11(12)9-17(13)7-2-6-16-8-5-15-10-16/h5,8,10-13H,1-4,6-7,9H2,(H,18,19). The van der Waals surface area contributed by atoms with Gasteiger partial charge in [0.2, 0.25) is 0 Å². The third-order valence-electron chi connectivity index (χ3n) is 4.66. The van der Waals surface area contributed by atoms with Gasteiger partial charge in [0.05, 0.1) is 6.33 Å². The summed E-state index contributed by atoms with van der Waals surface area (Å²) in [5.74, 6) is 0.386. The molecule has 1 aromatic heterocycles. The van der Waals surface area contributed by atoms with Crippen LogP contribution in [0.25, 0.3) is 0 Å². The van der Waals surface area contributed by atoms with Gasteiger partial charge in [0.1, 0.15) is 6.04 Å². The quantitative estimate of drug-likeness (QED) is 0.873. The van der Waals surface area contributed by atoms with Crippen LogP contribution in [0.1, 0.15) is 25.7 Å². The zero-order valence-corrected chi connectivity index (χ0v) is 11.1. The number of carbonyl (C=O) groups is 1. The van der Waals surface area contributed by atoms with Crippen molar-refractivity contribution < 1.29 is 9.90 Å². The summed E-state index contributed by atoms with van der Waals surface area (Å²) in [5.41, 5.74) is 0. The van der Waals surface area contributed by atoms with Gasteiger partial charge in [0.25, 0.3) is 0 Å². The number of carboxylic acid groups (broad SMARTS) is 1. The summed E-state index contributed by atoms with van der Waals surface area (Å²) in [5, 5.41) is 9.46. The molecule has 19 heavy (non-hydrogen) atoms. The van der Waals surface area contributed by atoms with Crippen LogP contribution in [0.2, 0.25) is 0 Å². The summed E-state index contributed by atoms with van der Waals surface area (Å²) >= 11 is 0. The monoisotopic (exact) mass is 263 g/mol. The van der Waals surface area contributed by atoms with Gasteiger partial charge in [-0.15, -0.1) is 0 Å². The molecule has 3 rings (SSSR count). The van der Waals surface area contributed by atoms with E-state index in [1.807, 2.05) is 17.1 Å². The highest BCUT2D eigenvalue weighted by Crippen LogP contribution is 2.42. The summed E-state index contributed by atoms with van der Waals surface area (Å²) in [7, 11) is 0. The maximum absolute atomic E-state index is 11.5. The van der Waals surface area contributed by atoms with E-state index >= 15 is 0 Å². The van der Waals surface area contributed by atoms with Crippen LogP contribution in [0.5, 0.6) is 0 Å². The first kappa shape index (κ1) is 12.7. The molecule has 1 aromatic rings. The fourth-order valence-corrected chi connectivity index (χ4v) is 3.84. The molecule has 2 heterocycles. The zero-order chi connectivity index (χ0) is 13.2. The summed E-state index contributed by atoms with van der Waals surface area (Å²) in [6, 6.07) is -0.240. The molecule has 5 heteroatoms. The second kappa shape index (κ2) is 5.33. The molecule has 1 aliphatic carbocycles. The number of hydrogen-bond donors (Lipinski definition) is 1. The van der Waals surface area contributed by atoms with Crippen LogP contribution in [-0.4, -0.2) is 44.7 Å². The Morgan fingerprint density at radius 1 is 1.37 bits per heavy atom. The average molecular weight is 263 g/mol. The lowest BCUT2D eigenvalue weighted by atomic mass is 9.94. The van der Waals surface area contributed by atoms with Crippen LogP contribution in [-0.2, 0) is 11.3 Å². The van der Waals surface area contributed by atoms with E-state index < -0.39 is 5.97 Å². The molecule has 1 aliphatic heterocycles. The highest BCUT2D eigenvalue weighted by Gasteiger charge is 2.47. The van der Waals surface area contributed by atoms with E-state index in [1.165, 1.54) is 12.8 Å². The van der Waals surface area contributed by atoms with Gasteiger partial charge >= 0.3 is 5.97 Å². The maximum Gasteiger partial charge on any atom is 0.321 e. The topological polar surface area (TPSA) is 58.4 Å². The fraction of sp³-hybridized carbons (Fsp3) is 0.714. The number of aliphatic carboxylic acids is 1. The first-order valence-corrected chi connectivity index (χ1v) is 7.18. The van der Waals surface area contributed by atoms with E-state index in [1.54, 1.807) is 6.20 Å². The first-order valence-electron chi connectivity index (χ1n) is 7.18. The third-order valence-corrected chi connectivity index (χ3v) is 4.66. The number of carboxylic acids is 1. The van der Waals surface area contributed by atoms with Gasteiger partial charge in [-0.2, -0.15) is 0 Å². The Bertz CT molecular complexity index is 432. The van der Waals surface area contributed by atoms with E-state index in [4.69, 9.17) is 0 Å². The van der Waals surface area contributed by atoms with Crippen LogP contribution in [0.3, 0.4) is 0 Å². The largest absolute Gasteiger partial charge is 0.480 e. The molecular formula is C14H21N3O2. The SMILES string of the molecule is O=C(O)C1C2CCCC2CN1CCCn1ccnc1. The van der Waals surface area contributed by atoms with Gasteiger partial charge in [-0.05, 0) is 31.1 Å². The summed E-state index contributed by atoms with van der Waals surface area (Å²) in [4.78, 5) is 17.7. The molecule has 0 radical (unpaired) electrons. The Morgan fingerprint density at radius 2 is 2.26 bits per heavy atom. The van der Waals surface area contributed by atoms with Gasteiger partial charge in [0, 0.05) is 32.0 Å². The van der Waals surface area contributed by atoms with Crippen molar-refractivity contribution >= 4 is 5.97 Å². The number of aryl methyl sites for hydroxylation is 1. The zero-order valence-electron chi connectivity index (χ0n) is 11.1. The van der Waals surface area contributed by atoms with E-state index in [9.17, 15) is 9.90 Å². The van der Waals surface area contributed by atoms with Gasteiger partial charge in [-0.1, -0.05) is 6.42 Å². The van der Waals surface area contributed by atoms with Gasteiger partial charge in [-0.25, -0.2) is 4.98 Å². The number of imidazole rings is 1. The molecule has 2 fully saturated rings. The fourth-order valence-electron chi connectivity index (χ4n) is 3.84. The lowest BCUT2D eigenvalue weighted by molar-refractivity contribution is -0.143. The van der Waals surface area contributed by atoms with Gasteiger partial charge in [0.15, 0.2) is 0 Å². The first-order chi connectivity index (χ1) is 9.25. The lowest BCUT2D eigenvalue weighted by Crippen LogP contribution is -2.40. The molecule has 5 nitrogen and oxygen atoms in total. The molecular weight excluding hydrogens is 242 g/mol. The molecule has 3 atom stereocenters. The van der Waals surface area contributed by atoms with Crippen molar-refractivity contribution in [3.05, 3.63) is 18.7 Å². The molecule has 1 saturated carbocycles. The van der Waals surface area contributed by atoms with E-state index in [0.717, 1.165) is 32.5 Å². The highest BCUT2D eigenvalue weighted by atomic mass is 16.4. The number of rotatable bonds is 5. The van der Waals surface area contributed by atoms with Crippen LogP contribution < -0.4 is 0 Å². The minimum atomic E-state index is -0.628. The Hall–Kier alpha value is -1.36. The van der Waals surface area contributed by atoms with E-state index in [2.05, 4.69) is 9.88 Å². The van der Waals surface area contributed by atoms with E-state index in [0.29, 0.717) is 11.8 Å². The minimum absolute atomic E-state index is 0.240. The Labute approximate surface area is 113 Å². The van der Waals surface area contributed by atoms with Crippen molar-refractivity contribution in [1.82, 2.24) is 14.5 Å². The summed E-state index contributed by atoms with van der Waals surface area (Å²) in [6.07, 6.45) is 10.1. The lowest BCUT2D eigenvalue weighted by Gasteiger charge is -2.24. The summed E-state index contributed by atoms with van der Waals surface area (Å²) in [6.45, 7) is 2.77. The predicted molar refractivity (Wildman–Crippen MR) is 70.7 cm³/mol. The molecule has 104 valence electrons. The Morgan fingerprint density at radius 3 is 3.00 bits per heavy atom. The molecule has 1 saturated heterocycles. The second-order valence-corrected chi connectivity index (χ2v) is 5.79. The Balaban J connectivity index is 1.56. The molecule has 1 N–H and O–H groups in total. The van der Waals surface area contributed by atoms with Crippen molar-refractivity contribution in [2.75, 3.05) is 13.1 Å². The highest BCUT2D eigenvalue weighted by molar-refractivity contribution is 5.74. The van der Waals surface area contributed by atoms with Gasteiger partial charge < -0.3 is 9.67 Å². The molecule has 0 aromatic carbocycles. The van der Waals surface area contributed by atoms with E-state index in [-0.39, 0.29) is 6.04 Å². The number of hydrogen-bond acceptors (Lipinski definition) is 3. The van der Waals surface area contributed by atoms with Crippen molar-refractivity contribution in [2.45, 2.75) is 38.3 Å². The Kier molecular flexibility index (Phi) is 3.55. The van der Waals surface area contributed by atoms with Crippen molar-refractivity contribution in [3.63, 3.8) is 0 Å². The average Bonchev–Trinajstić information content (AvgIpc) is 3.02. The van der Waals surface area contributed by atoms with Crippen LogP contribution in [0.4, 0.5) is 0 Å². The second-order valence-electron chi connectivity index (χ2n) is 5.79. The smallest absolute Gasteiger partial charge is 0.321 e. The van der Waals surface area contributed by atoms with Crippen molar-refractivity contribution in [2.24, 2.45) is 11.8 Å². The summed E-state index contributed by atoms with van der Waals surface area (Å²) < 4.78 is 2.05. The van der Waals surface area contributed by atoms with Crippen LogP contribution in [0.15, 0.2) is 18.7 Å². The molecule has 3 unspecified atom stereocenters. The molecule has 0 amide bonds. The normalized spacial score (nSPS) is 30.6. The van der Waals surface area contributed by atoms with Gasteiger partial charge in [-0.3, -0.25) is 9.69 Å². The number of aromatic nitrogens is 2. The van der Waals surface area contributed by atoms with Crippen molar-refractivity contribution in [3.8, 4) is 0 Å². The molecule has 0 bridgehead atoms. The minimum Gasteiger partial charge on any atom is -0.480 e.